The minimum atomic E-state index is 0.00312. The lowest BCUT2D eigenvalue weighted by Crippen LogP contribution is -2.35. The minimum Gasteiger partial charge on any atom is -0.332 e. The quantitative estimate of drug-likeness (QED) is 0.603. The Morgan fingerprint density at radius 1 is 1.21 bits per heavy atom. The zero-order valence-electron chi connectivity index (χ0n) is 17.3. The fourth-order valence-corrected chi connectivity index (χ4v) is 3.45. The van der Waals surface area contributed by atoms with Crippen molar-refractivity contribution in [1.82, 2.24) is 19.2 Å². The van der Waals surface area contributed by atoms with E-state index in [1.54, 1.807) is 17.0 Å². The van der Waals surface area contributed by atoms with Crippen molar-refractivity contribution in [1.29, 1.82) is 0 Å². The monoisotopic (exact) mass is 376 g/mol. The average Bonchev–Trinajstić information content (AvgIpc) is 3.20. The van der Waals surface area contributed by atoms with E-state index >= 15 is 0 Å². The number of benzene rings is 1. The van der Waals surface area contributed by atoms with Crippen molar-refractivity contribution in [2.45, 2.75) is 40.3 Å². The van der Waals surface area contributed by atoms with E-state index < -0.39 is 0 Å². The molecule has 0 N–H and O–H groups in total. The number of hydrogen-bond acceptors (Lipinski definition) is 2. The van der Waals surface area contributed by atoms with E-state index in [1.807, 2.05) is 56.3 Å². The molecule has 0 radical (unpaired) electrons. The fraction of sp³-hybridized carbons (Fsp3) is 0.304. The number of para-hydroxylation sites is 1. The molecule has 0 aliphatic heterocycles. The first-order chi connectivity index (χ1) is 13.4. The molecule has 146 valence electrons. The predicted octanol–water partition coefficient (Wildman–Crippen LogP) is 4.28. The third-order valence-electron chi connectivity index (χ3n) is 4.91. The summed E-state index contributed by atoms with van der Waals surface area (Å²) in [7, 11) is 1.88. The molecular formula is C23H28N4O. The maximum atomic E-state index is 12.8. The van der Waals surface area contributed by atoms with Crippen molar-refractivity contribution < 1.29 is 4.79 Å². The molecular weight excluding hydrogens is 348 g/mol. The van der Waals surface area contributed by atoms with E-state index in [9.17, 15) is 4.79 Å². The van der Waals surface area contributed by atoms with E-state index in [1.165, 1.54) is 0 Å². The molecule has 5 nitrogen and oxygen atoms in total. The Morgan fingerprint density at radius 3 is 2.54 bits per heavy atom. The molecule has 3 aromatic rings. The number of nitrogens with zero attached hydrogens (tertiary/aromatic N) is 4. The second-order valence-corrected chi connectivity index (χ2v) is 7.41. The third-order valence-corrected chi connectivity index (χ3v) is 4.91. The van der Waals surface area contributed by atoms with Crippen LogP contribution in [0.3, 0.4) is 0 Å². The molecule has 0 bridgehead atoms. The van der Waals surface area contributed by atoms with Crippen LogP contribution >= 0.6 is 0 Å². The molecule has 2 aromatic heterocycles. The second kappa shape index (κ2) is 8.30. The predicted molar refractivity (Wildman–Crippen MR) is 113 cm³/mol. The number of aromatic nitrogens is 3. The van der Waals surface area contributed by atoms with Gasteiger partial charge in [0.25, 0.3) is 0 Å². The van der Waals surface area contributed by atoms with Gasteiger partial charge in [0.15, 0.2) is 0 Å². The summed E-state index contributed by atoms with van der Waals surface area (Å²) in [4.78, 5) is 14.7. The third kappa shape index (κ3) is 4.25. The molecule has 0 saturated heterocycles. The first-order valence-corrected chi connectivity index (χ1v) is 9.57. The van der Waals surface area contributed by atoms with Gasteiger partial charge in [0.2, 0.25) is 5.91 Å². The molecule has 0 spiro atoms. The summed E-state index contributed by atoms with van der Waals surface area (Å²) in [6.45, 7) is 8.78. The molecule has 0 unspecified atom stereocenters. The van der Waals surface area contributed by atoms with Crippen LogP contribution in [-0.2, 0) is 18.4 Å². The smallest absolute Gasteiger partial charge is 0.247 e. The average molecular weight is 377 g/mol. The summed E-state index contributed by atoms with van der Waals surface area (Å²) in [6.07, 6.45) is 7.34. The Bertz CT molecular complexity index is 979. The van der Waals surface area contributed by atoms with Crippen molar-refractivity contribution in [2.24, 2.45) is 7.05 Å². The first kappa shape index (κ1) is 19.7. The van der Waals surface area contributed by atoms with E-state index in [0.717, 1.165) is 28.2 Å². The molecule has 0 aliphatic carbocycles. The van der Waals surface area contributed by atoms with Gasteiger partial charge in [-0.05, 0) is 57.5 Å². The molecule has 0 fully saturated rings. The summed E-state index contributed by atoms with van der Waals surface area (Å²) in [5.74, 6) is 0.00312. The lowest BCUT2D eigenvalue weighted by molar-refractivity contribution is -0.128. The zero-order chi connectivity index (χ0) is 20.3. The highest BCUT2D eigenvalue weighted by Gasteiger charge is 2.16. The number of aryl methyl sites for hydroxylation is 2. The van der Waals surface area contributed by atoms with Crippen molar-refractivity contribution in [2.75, 3.05) is 0 Å². The number of amides is 1. The molecule has 3 rings (SSSR count). The molecule has 0 saturated carbocycles. The van der Waals surface area contributed by atoms with Crippen LogP contribution in [0.5, 0.6) is 0 Å². The molecule has 28 heavy (non-hydrogen) atoms. The Hall–Kier alpha value is -3.08. The summed E-state index contributed by atoms with van der Waals surface area (Å²) in [5.41, 5.74) is 5.48. The number of rotatable bonds is 6. The lowest BCUT2D eigenvalue weighted by atomic mass is 10.2. The van der Waals surface area contributed by atoms with Crippen molar-refractivity contribution in [3.63, 3.8) is 0 Å². The van der Waals surface area contributed by atoms with Gasteiger partial charge in [-0.25, -0.2) is 0 Å². The fourth-order valence-electron chi connectivity index (χ4n) is 3.45. The van der Waals surface area contributed by atoms with Crippen LogP contribution < -0.4 is 0 Å². The van der Waals surface area contributed by atoms with Crippen LogP contribution in [0.25, 0.3) is 11.8 Å². The largest absolute Gasteiger partial charge is 0.332 e. The van der Waals surface area contributed by atoms with E-state index in [-0.39, 0.29) is 11.9 Å². The second-order valence-electron chi connectivity index (χ2n) is 7.41. The van der Waals surface area contributed by atoms with Crippen LogP contribution in [0.1, 0.15) is 36.4 Å². The maximum Gasteiger partial charge on any atom is 0.247 e. The van der Waals surface area contributed by atoms with Crippen LogP contribution in [0, 0.1) is 13.8 Å². The number of hydrogen-bond donors (Lipinski definition) is 0. The van der Waals surface area contributed by atoms with Crippen molar-refractivity contribution in [3.8, 4) is 5.69 Å². The Labute approximate surface area is 166 Å². The highest BCUT2D eigenvalue weighted by atomic mass is 16.2. The zero-order valence-corrected chi connectivity index (χ0v) is 17.3. The summed E-state index contributed by atoms with van der Waals surface area (Å²) < 4.78 is 3.96. The number of carbonyl (C=O) groups excluding carboxylic acids is 1. The van der Waals surface area contributed by atoms with E-state index in [4.69, 9.17) is 0 Å². The van der Waals surface area contributed by atoms with Gasteiger partial charge in [0.1, 0.15) is 0 Å². The van der Waals surface area contributed by atoms with Crippen LogP contribution in [-0.4, -0.2) is 31.2 Å². The molecule has 2 heterocycles. The lowest BCUT2D eigenvalue weighted by Gasteiger charge is -2.25. The Morgan fingerprint density at radius 2 is 1.93 bits per heavy atom. The highest BCUT2D eigenvalue weighted by molar-refractivity contribution is 5.92. The van der Waals surface area contributed by atoms with Crippen LogP contribution in [0.4, 0.5) is 0 Å². The summed E-state index contributed by atoms with van der Waals surface area (Å²) in [6, 6.07) is 12.5. The van der Waals surface area contributed by atoms with Gasteiger partial charge < -0.3 is 9.47 Å². The summed E-state index contributed by atoms with van der Waals surface area (Å²) >= 11 is 0. The topological polar surface area (TPSA) is 43.1 Å². The van der Waals surface area contributed by atoms with Gasteiger partial charge in [-0.1, -0.05) is 18.2 Å². The van der Waals surface area contributed by atoms with Gasteiger partial charge in [-0.2, -0.15) is 5.10 Å². The Kier molecular flexibility index (Phi) is 5.83. The molecule has 0 aliphatic rings. The first-order valence-electron chi connectivity index (χ1n) is 9.57. The molecule has 1 aromatic carbocycles. The van der Waals surface area contributed by atoms with Crippen LogP contribution in [0.2, 0.25) is 0 Å². The van der Waals surface area contributed by atoms with Crippen LogP contribution in [0.15, 0.2) is 54.9 Å². The van der Waals surface area contributed by atoms with E-state index in [0.29, 0.717) is 6.54 Å². The van der Waals surface area contributed by atoms with E-state index in [2.05, 4.69) is 41.7 Å². The molecule has 1 amide bonds. The maximum absolute atomic E-state index is 12.8. The normalized spacial score (nSPS) is 11.5. The van der Waals surface area contributed by atoms with Gasteiger partial charge in [-0.15, -0.1) is 0 Å². The van der Waals surface area contributed by atoms with Gasteiger partial charge >= 0.3 is 0 Å². The molecule has 5 heteroatoms. The van der Waals surface area contributed by atoms with Gasteiger partial charge in [0.05, 0.1) is 6.20 Å². The van der Waals surface area contributed by atoms with Crippen molar-refractivity contribution in [3.05, 3.63) is 77.4 Å². The SMILES string of the molecule is Cc1cc(/C=C/C(=O)N(Cc2cnn(C)c2)C(C)C)c(C)n1-c1ccccc1. The van der Waals surface area contributed by atoms with Crippen molar-refractivity contribution >= 4 is 12.0 Å². The highest BCUT2D eigenvalue weighted by Crippen LogP contribution is 2.22. The summed E-state index contributed by atoms with van der Waals surface area (Å²) in [5, 5.41) is 4.19. The van der Waals surface area contributed by atoms with Gasteiger partial charge in [-0.3, -0.25) is 9.48 Å². The Balaban J connectivity index is 1.81. The van der Waals surface area contributed by atoms with Gasteiger partial charge in [0, 0.05) is 54.5 Å². The minimum absolute atomic E-state index is 0.00312. The number of carbonyl (C=O) groups is 1. The standard InChI is InChI=1S/C23H28N4O/c1-17(2)26(16-20-14-24-25(5)15-20)23(28)12-11-21-13-18(3)27(19(21)4)22-9-7-6-8-10-22/h6-15,17H,16H2,1-5H3/b12-11+. The molecule has 0 atom stereocenters.